The molecule has 0 saturated heterocycles. The van der Waals surface area contributed by atoms with E-state index in [1.807, 2.05) is 24.3 Å². The van der Waals surface area contributed by atoms with Crippen LogP contribution in [-0.4, -0.2) is 29.0 Å². The molecular weight excluding hydrogens is 352 g/mol. The molecule has 0 saturated carbocycles. The van der Waals surface area contributed by atoms with Gasteiger partial charge in [-0.3, -0.25) is 0 Å². The molecule has 4 rings (SSSR count). The Kier molecular flexibility index (Phi) is 4.37. The molecule has 0 atom stereocenters. The predicted molar refractivity (Wildman–Crippen MR) is 104 cm³/mol. The van der Waals surface area contributed by atoms with E-state index in [2.05, 4.69) is 48.0 Å². The van der Waals surface area contributed by atoms with Crippen LogP contribution in [0.15, 0.2) is 41.4 Å². The van der Waals surface area contributed by atoms with Gasteiger partial charge in [0.25, 0.3) is 0 Å². The second kappa shape index (κ2) is 6.67. The van der Waals surface area contributed by atoms with Crippen molar-refractivity contribution in [3.05, 3.63) is 46.3 Å². The number of rotatable bonds is 4. The SMILES string of the molecule is CN(C)Cc1cc2c(s1)COc1cnc(Nc3cccc(S)c3)nc1-2. The third-order valence-corrected chi connectivity index (χ3v) is 5.17. The first-order chi connectivity index (χ1) is 12.1. The van der Waals surface area contributed by atoms with Gasteiger partial charge in [0.2, 0.25) is 5.95 Å². The zero-order chi connectivity index (χ0) is 17.4. The van der Waals surface area contributed by atoms with E-state index in [0.717, 1.165) is 34.1 Å². The third-order valence-electron chi connectivity index (χ3n) is 3.80. The van der Waals surface area contributed by atoms with E-state index in [9.17, 15) is 0 Å². The van der Waals surface area contributed by atoms with E-state index in [0.29, 0.717) is 12.6 Å². The van der Waals surface area contributed by atoms with Crippen LogP contribution in [0.25, 0.3) is 11.3 Å². The molecule has 0 fully saturated rings. The number of nitrogens with zero attached hydrogens (tertiary/aromatic N) is 3. The summed E-state index contributed by atoms with van der Waals surface area (Å²) in [6, 6.07) is 9.99. The molecule has 0 radical (unpaired) electrons. The molecule has 0 amide bonds. The van der Waals surface area contributed by atoms with E-state index < -0.39 is 0 Å². The van der Waals surface area contributed by atoms with Gasteiger partial charge in [-0.2, -0.15) is 0 Å². The summed E-state index contributed by atoms with van der Waals surface area (Å²) in [5.41, 5.74) is 2.90. The molecule has 5 nitrogen and oxygen atoms in total. The van der Waals surface area contributed by atoms with E-state index in [1.165, 1.54) is 9.75 Å². The number of aromatic nitrogens is 2. The zero-order valence-corrected chi connectivity index (χ0v) is 15.7. The minimum Gasteiger partial charge on any atom is -0.484 e. The van der Waals surface area contributed by atoms with Crippen LogP contribution in [0.1, 0.15) is 9.75 Å². The van der Waals surface area contributed by atoms with Gasteiger partial charge >= 0.3 is 0 Å². The van der Waals surface area contributed by atoms with Gasteiger partial charge in [0.05, 0.1) is 11.1 Å². The Morgan fingerprint density at radius 2 is 2.20 bits per heavy atom. The lowest BCUT2D eigenvalue weighted by Crippen LogP contribution is -2.09. The highest BCUT2D eigenvalue weighted by Crippen LogP contribution is 2.40. The molecule has 0 aliphatic carbocycles. The molecule has 1 N–H and O–H groups in total. The van der Waals surface area contributed by atoms with Gasteiger partial charge in [-0.1, -0.05) is 6.07 Å². The lowest BCUT2D eigenvalue weighted by atomic mass is 10.1. The van der Waals surface area contributed by atoms with Gasteiger partial charge in [-0.25, -0.2) is 9.97 Å². The van der Waals surface area contributed by atoms with E-state index >= 15 is 0 Å². The average Bonchev–Trinajstić information content (AvgIpc) is 2.97. The molecule has 0 bridgehead atoms. The number of nitrogens with one attached hydrogen (secondary N) is 1. The fraction of sp³-hybridized carbons (Fsp3) is 0.222. The lowest BCUT2D eigenvalue weighted by Gasteiger charge is -2.17. The highest BCUT2D eigenvalue weighted by atomic mass is 32.1. The number of thiophene rings is 1. The minimum absolute atomic E-state index is 0.550. The molecular formula is C18H18N4OS2. The van der Waals surface area contributed by atoms with Crippen molar-refractivity contribution in [2.24, 2.45) is 0 Å². The molecule has 2 aromatic heterocycles. The lowest BCUT2D eigenvalue weighted by molar-refractivity contribution is 0.303. The maximum absolute atomic E-state index is 5.82. The molecule has 3 heterocycles. The van der Waals surface area contributed by atoms with E-state index in [-0.39, 0.29) is 0 Å². The first-order valence-electron chi connectivity index (χ1n) is 7.91. The average molecular weight is 371 g/mol. The predicted octanol–water partition coefficient (Wildman–Crippen LogP) is 4.19. The van der Waals surface area contributed by atoms with Crippen molar-refractivity contribution in [1.29, 1.82) is 0 Å². The smallest absolute Gasteiger partial charge is 0.227 e. The number of fused-ring (bicyclic) bond motifs is 3. The van der Waals surface area contributed by atoms with Crippen molar-refractivity contribution < 1.29 is 4.74 Å². The van der Waals surface area contributed by atoms with Gasteiger partial charge in [0.15, 0.2) is 5.75 Å². The summed E-state index contributed by atoms with van der Waals surface area (Å²) in [6.45, 7) is 1.50. The number of thiol groups is 1. The Labute approximate surface area is 156 Å². The summed E-state index contributed by atoms with van der Waals surface area (Å²) in [5.74, 6) is 1.28. The first kappa shape index (κ1) is 16.4. The Hall–Kier alpha value is -2.09. The van der Waals surface area contributed by atoms with Gasteiger partial charge < -0.3 is 15.0 Å². The summed E-state index contributed by atoms with van der Waals surface area (Å²) < 4.78 is 5.82. The van der Waals surface area contributed by atoms with Gasteiger partial charge in [0.1, 0.15) is 12.3 Å². The zero-order valence-electron chi connectivity index (χ0n) is 14.0. The maximum Gasteiger partial charge on any atom is 0.227 e. The Balaban J connectivity index is 1.67. The Morgan fingerprint density at radius 1 is 1.32 bits per heavy atom. The summed E-state index contributed by atoms with van der Waals surface area (Å²) in [7, 11) is 4.14. The van der Waals surface area contributed by atoms with Crippen molar-refractivity contribution in [2.75, 3.05) is 19.4 Å². The molecule has 7 heteroatoms. The summed E-state index contributed by atoms with van der Waals surface area (Å²) in [4.78, 5) is 14.6. The second-order valence-electron chi connectivity index (χ2n) is 6.16. The highest BCUT2D eigenvalue weighted by molar-refractivity contribution is 7.80. The molecule has 3 aromatic rings. The normalized spacial score (nSPS) is 12.5. The van der Waals surface area contributed by atoms with Crippen LogP contribution in [-0.2, 0) is 13.2 Å². The van der Waals surface area contributed by atoms with Crippen LogP contribution in [0.3, 0.4) is 0 Å². The number of benzene rings is 1. The fourth-order valence-corrected chi connectivity index (χ4v) is 4.19. The fourth-order valence-electron chi connectivity index (χ4n) is 2.77. The van der Waals surface area contributed by atoms with E-state index in [4.69, 9.17) is 9.72 Å². The highest BCUT2D eigenvalue weighted by Gasteiger charge is 2.23. The van der Waals surface area contributed by atoms with Crippen LogP contribution >= 0.6 is 24.0 Å². The number of hydrogen-bond acceptors (Lipinski definition) is 7. The van der Waals surface area contributed by atoms with Crippen molar-refractivity contribution in [2.45, 2.75) is 18.0 Å². The first-order valence-corrected chi connectivity index (χ1v) is 9.17. The number of hydrogen-bond donors (Lipinski definition) is 2. The summed E-state index contributed by atoms with van der Waals surface area (Å²) in [5, 5.41) is 3.23. The molecule has 0 spiro atoms. The quantitative estimate of drug-likeness (QED) is 0.675. The molecule has 25 heavy (non-hydrogen) atoms. The van der Waals surface area contributed by atoms with Gasteiger partial charge in [-0.15, -0.1) is 24.0 Å². The van der Waals surface area contributed by atoms with Gasteiger partial charge in [0, 0.05) is 27.6 Å². The molecule has 0 unspecified atom stereocenters. The monoisotopic (exact) mass is 370 g/mol. The number of ether oxygens (including phenoxy) is 1. The van der Waals surface area contributed by atoms with Crippen molar-refractivity contribution >= 4 is 35.6 Å². The van der Waals surface area contributed by atoms with Crippen molar-refractivity contribution in [3.63, 3.8) is 0 Å². The number of anilines is 2. The third kappa shape index (κ3) is 3.49. The van der Waals surface area contributed by atoms with Crippen LogP contribution < -0.4 is 10.1 Å². The summed E-state index contributed by atoms with van der Waals surface area (Å²) in [6.07, 6.45) is 1.74. The summed E-state index contributed by atoms with van der Waals surface area (Å²) >= 11 is 6.14. The van der Waals surface area contributed by atoms with Crippen LogP contribution in [0.2, 0.25) is 0 Å². The Morgan fingerprint density at radius 3 is 3.00 bits per heavy atom. The minimum atomic E-state index is 0.550. The maximum atomic E-state index is 5.82. The molecule has 1 aliphatic heterocycles. The van der Waals surface area contributed by atoms with Gasteiger partial charge in [-0.05, 0) is 38.4 Å². The molecule has 1 aromatic carbocycles. The van der Waals surface area contributed by atoms with Crippen LogP contribution in [0.4, 0.5) is 11.6 Å². The van der Waals surface area contributed by atoms with Crippen LogP contribution in [0, 0.1) is 0 Å². The standard InChI is InChI=1S/C18H18N4OS2/c1-22(2)9-13-7-14-16(25-13)10-23-15-8-19-18(21-17(14)15)20-11-4-3-5-12(24)6-11/h3-8,24H,9-10H2,1-2H3,(H,19,20,21). The molecule has 128 valence electrons. The second-order valence-corrected chi connectivity index (χ2v) is 7.90. The van der Waals surface area contributed by atoms with Crippen molar-refractivity contribution in [3.8, 4) is 17.0 Å². The topological polar surface area (TPSA) is 50.3 Å². The molecule has 1 aliphatic rings. The Bertz CT molecular complexity index is 923. The van der Waals surface area contributed by atoms with E-state index in [1.54, 1.807) is 17.5 Å². The largest absolute Gasteiger partial charge is 0.484 e. The van der Waals surface area contributed by atoms with Crippen LogP contribution in [0.5, 0.6) is 5.75 Å². The van der Waals surface area contributed by atoms with Crippen molar-refractivity contribution in [1.82, 2.24) is 14.9 Å².